The Balaban J connectivity index is 2.06. The first-order valence-electron chi connectivity index (χ1n) is 6.86. The normalized spacial score (nSPS) is 21.8. The molecule has 1 aromatic heterocycles. The van der Waals surface area contributed by atoms with E-state index in [0.29, 0.717) is 17.9 Å². The minimum atomic E-state index is -0.243. The van der Waals surface area contributed by atoms with E-state index in [9.17, 15) is 4.79 Å². The van der Waals surface area contributed by atoms with Crippen LogP contribution in [0.5, 0.6) is 0 Å². The molecule has 2 rings (SSSR count). The molecule has 0 radical (unpaired) electrons. The Morgan fingerprint density at radius 2 is 2.40 bits per heavy atom. The Bertz CT molecular complexity index is 487. The number of carbonyl (C=O) groups is 1. The minimum Gasteiger partial charge on any atom is -0.373 e. The Morgan fingerprint density at radius 1 is 1.60 bits per heavy atom. The molecule has 6 heteroatoms. The highest BCUT2D eigenvalue weighted by Gasteiger charge is 2.30. The maximum atomic E-state index is 12.3. The summed E-state index contributed by atoms with van der Waals surface area (Å²) >= 11 is 3.35. The molecule has 110 valence electrons. The molecule has 2 N–H and O–H groups in total. The molecule has 1 amide bonds. The van der Waals surface area contributed by atoms with Crippen molar-refractivity contribution in [1.82, 2.24) is 10.3 Å². The molecular weight excluding hydrogens is 322 g/mol. The number of amides is 1. The second-order valence-electron chi connectivity index (χ2n) is 5.16. The number of ether oxygens (including phenoxy) is 1. The third-order valence-electron chi connectivity index (χ3n) is 3.37. The fraction of sp³-hybridized carbons (Fsp3) is 0.571. The van der Waals surface area contributed by atoms with Crippen LogP contribution in [0.4, 0.5) is 5.82 Å². The molecule has 1 saturated heterocycles. The average Bonchev–Trinajstić information content (AvgIpc) is 2.86. The molecule has 2 heterocycles. The molecule has 0 aromatic carbocycles. The molecule has 1 atom stereocenters. The van der Waals surface area contributed by atoms with Crippen LogP contribution in [-0.4, -0.2) is 36.2 Å². The number of hydrogen-bond donors (Lipinski definition) is 2. The number of nitrogens with one attached hydrogen (secondary N) is 2. The predicted octanol–water partition coefficient (Wildman–Crippen LogP) is 2.57. The number of nitrogens with zero attached hydrogens (tertiary/aromatic N) is 1. The highest BCUT2D eigenvalue weighted by atomic mass is 79.9. The second-order valence-corrected chi connectivity index (χ2v) is 6.08. The third kappa shape index (κ3) is 3.70. The lowest BCUT2D eigenvalue weighted by Gasteiger charge is -2.23. The van der Waals surface area contributed by atoms with Crippen molar-refractivity contribution >= 4 is 27.7 Å². The van der Waals surface area contributed by atoms with Gasteiger partial charge in [-0.15, -0.1) is 0 Å². The van der Waals surface area contributed by atoms with Gasteiger partial charge in [0.25, 0.3) is 5.91 Å². The van der Waals surface area contributed by atoms with Crippen LogP contribution in [0.2, 0.25) is 0 Å². The first-order chi connectivity index (χ1) is 9.54. The molecule has 0 saturated carbocycles. The summed E-state index contributed by atoms with van der Waals surface area (Å²) in [5.74, 6) is 0.470. The Kier molecular flexibility index (Phi) is 4.99. The first kappa shape index (κ1) is 15.3. The lowest BCUT2D eigenvalue weighted by Crippen LogP contribution is -2.40. The number of anilines is 1. The van der Waals surface area contributed by atoms with Crippen molar-refractivity contribution in [2.75, 3.05) is 25.0 Å². The summed E-state index contributed by atoms with van der Waals surface area (Å²) in [5.41, 5.74) is 0.302. The van der Waals surface area contributed by atoms with Crippen molar-refractivity contribution in [2.45, 2.75) is 32.3 Å². The van der Waals surface area contributed by atoms with E-state index < -0.39 is 0 Å². The SMILES string of the molecule is CCNc1ncc(Br)cc1C(=O)NCC1(C)CCCO1. The van der Waals surface area contributed by atoms with Crippen LogP contribution < -0.4 is 10.6 Å². The number of hydrogen-bond acceptors (Lipinski definition) is 4. The zero-order chi connectivity index (χ0) is 14.6. The van der Waals surface area contributed by atoms with Crippen molar-refractivity contribution in [3.05, 3.63) is 22.3 Å². The van der Waals surface area contributed by atoms with Gasteiger partial charge in [-0.25, -0.2) is 4.98 Å². The van der Waals surface area contributed by atoms with Crippen LogP contribution in [-0.2, 0) is 4.74 Å². The van der Waals surface area contributed by atoms with Gasteiger partial charge in [-0.05, 0) is 48.7 Å². The van der Waals surface area contributed by atoms with Gasteiger partial charge in [0.2, 0.25) is 0 Å². The molecule has 0 aliphatic carbocycles. The van der Waals surface area contributed by atoms with E-state index in [1.807, 2.05) is 13.8 Å². The van der Waals surface area contributed by atoms with Gasteiger partial charge in [-0.3, -0.25) is 4.79 Å². The summed E-state index contributed by atoms with van der Waals surface area (Å²) in [6.45, 7) is 6.01. The molecule has 1 fully saturated rings. The zero-order valence-electron chi connectivity index (χ0n) is 11.8. The summed E-state index contributed by atoms with van der Waals surface area (Å²) in [6, 6.07) is 1.78. The summed E-state index contributed by atoms with van der Waals surface area (Å²) in [5, 5.41) is 6.04. The first-order valence-corrected chi connectivity index (χ1v) is 7.65. The summed E-state index contributed by atoms with van der Waals surface area (Å²) in [4.78, 5) is 16.6. The van der Waals surface area contributed by atoms with Gasteiger partial charge in [-0.2, -0.15) is 0 Å². The number of aromatic nitrogens is 1. The van der Waals surface area contributed by atoms with Crippen LogP contribution in [0.25, 0.3) is 0 Å². The molecule has 0 spiro atoms. The molecule has 20 heavy (non-hydrogen) atoms. The number of rotatable bonds is 5. The Morgan fingerprint density at radius 3 is 3.05 bits per heavy atom. The van der Waals surface area contributed by atoms with Crippen LogP contribution in [0.1, 0.15) is 37.0 Å². The topological polar surface area (TPSA) is 63.2 Å². The summed E-state index contributed by atoms with van der Waals surface area (Å²) < 4.78 is 6.46. The van der Waals surface area contributed by atoms with Crippen LogP contribution in [0.15, 0.2) is 16.7 Å². The Hall–Kier alpha value is -1.14. The molecule has 0 bridgehead atoms. The molecule has 1 aliphatic rings. The predicted molar refractivity (Wildman–Crippen MR) is 82.0 cm³/mol. The van der Waals surface area contributed by atoms with Crippen LogP contribution in [0, 0.1) is 0 Å². The van der Waals surface area contributed by atoms with Crippen LogP contribution >= 0.6 is 15.9 Å². The van der Waals surface area contributed by atoms with Gasteiger partial charge in [-0.1, -0.05) is 0 Å². The lowest BCUT2D eigenvalue weighted by molar-refractivity contribution is 0.0206. The minimum absolute atomic E-state index is 0.133. The fourth-order valence-corrected chi connectivity index (χ4v) is 2.59. The van der Waals surface area contributed by atoms with Crippen molar-refractivity contribution in [2.24, 2.45) is 0 Å². The zero-order valence-corrected chi connectivity index (χ0v) is 13.4. The number of halogens is 1. The van der Waals surface area contributed by atoms with E-state index in [1.165, 1.54) is 0 Å². The molecule has 1 aliphatic heterocycles. The van der Waals surface area contributed by atoms with Crippen LogP contribution in [0.3, 0.4) is 0 Å². The maximum Gasteiger partial charge on any atom is 0.255 e. The average molecular weight is 342 g/mol. The maximum absolute atomic E-state index is 12.3. The molecule has 1 unspecified atom stereocenters. The van der Waals surface area contributed by atoms with Crippen molar-refractivity contribution in [1.29, 1.82) is 0 Å². The summed E-state index contributed by atoms with van der Waals surface area (Å²) in [6.07, 6.45) is 3.70. The fourth-order valence-electron chi connectivity index (χ4n) is 2.26. The van der Waals surface area contributed by atoms with Gasteiger partial charge in [0.05, 0.1) is 11.2 Å². The van der Waals surface area contributed by atoms with E-state index in [1.54, 1.807) is 12.3 Å². The van der Waals surface area contributed by atoms with E-state index in [0.717, 1.165) is 30.5 Å². The van der Waals surface area contributed by atoms with Gasteiger partial charge < -0.3 is 15.4 Å². The highest BCUT2D eigenvalue weighted by Crippen LogP contribution is 2.24. The van der Waals surface area contributed by atoms with E-state index in [4.69, 9.17) is 4.74 Å². The second kappa shape index (κ2) is 6.54. The van der Waals surface area contributed by atoms with Gasteiger partial charge in [0, 0.05) is 30.4 Å². The monoisotopic (exact) mass is 341 g/mol. The smallest absolute Gasteiger partial charge is 0.255 e. The molecular formula is C14H20BrN3O2. The van der Waals surface area contributed by atoms with E-state index in [2.05, 4.69) is 31.5 Å². The Labute approximate surface area is 127 Å². The standard InChI is InChI=1S/C14H20BrN3O2/c1-3-16-12-11(7-10(15)8-17-12)13(19)18-9-14(2)5-4-6-20-14/h7-8H,3-6,9H2,1-2H3,(H,16,17)(H,18,19). The van der Waals surface area contributed by atoms with Crippen molar-refractivity contribution in [3.63, 3.8) is 0 Å². The van der Waals surface area contributed by atoms with Crippen molar-refractivity contribution in [3.8, 4) is 0 Å². The summed E-state index contributed by atoms with van der Waals surface area (Å²) in [7, 11) is 0. The molecule has 5 nitrogen and oxygen atoms in total. The number of pyridine rings is 1. The lowest BCUT2D eigenvalue weighted by atomic mass is 10.0. The molecule has 1 aromatic rings. The van der Waals surface area contributed by atoms with Gasteiger partial charge >= 0.3 is 0 Å². The van der Waals surface area contributed by atoms with E-state index >= 15 is 0 Å². The number of carbonyl (C=O) groups excluding carboxylic acids is 1. The van der Waals surface area contributed by atoms with Gasteiger partial charge in [0.15, 0.2) is 0 Å². The quantitative estimate of drug-likeness (QED) is 0.863. The largest absolute Gasteiger partial charge is 0.373 e. The van der Waals surface area contributed by atoms with E-state index in [-0.39, 0.29) is 11.5 Å². The van der Waals surface area contributed by atoms with Crippen molar-refractivity contribution < 1.29 is 9.53 Å². The highest BCUT2D eigenvalue weighted by molar-refractivity contribution is 9.10. The van der Waals surface area contributed by atoms with Gasteiger partial charge in [0.1, 0.15) is 5.82 Å². The third-order valence-corrected chi connectivity index (χ3v) is 3.80.